The Morgan fingerprint density at radius 1 is 1.08 bits per heavy atom. The van der Waals surface area contributed by atoms with E-state index >= 15 is 0 Å². The number of amides is 1. The number of hydrogen-bond donors (Lipinski definition) is 1. The number of hydrogen-bond acceptors (Lipinski definition) is 3. The van der Waals surface area contributed by atoms with Crippen molar-refractivity contribution in [3.8, 4) is 0 Å². The first-order valence-corrected chi connectivity index (χ1v) is 9.73. The van der Waals surface area contributed by atoms with Crippen LogP contribution in [0, 0.1) is 17.8 Å². The minimum atomic E-state index is 0.0862. The number of carbonyl (C=O) groups excluding carboxylic acids is 1. The van der Waals surface area contributed by atoms with Crippen LogP contribution in [0.1, 0.15) is 61.7 Å². The third kappa shape index (κ3) is 2.51. The summed E-state index contributed by atoms with van der Waals surface area (Å²) in [6.07, 6.45) is 12.1. The molecule has 0 atom stereocenters. The van der Waals surface area contributed by atoms with Gasteiger partial charge in [0.1, 0.15) is 5.82 Å². The lowest BCUT2D eigenvalue weighted by molar-refractivity contribution is -0.0167. The van der Waals surface area contributed by atoms with Crippen LogP contribution in [0.15, 0.2) is 18.3 Å². The third-order valence-corrected chi connectivity index (χ3v) is 6.85. The van der Waals surface area contributed by atoms with Crippen LogP contribution in [0.25, 0.3) is 0 Å². The molecule has 1 amide bonds. The fourth-order valence-corrected chi connectivity index (χ4v) is 6.26. The highest BCUT2D eigenvalue weighted by molar-refractivity contribution is 5.95. The predicted molar refractivity (Wildman–Crippen MR) is 94.1 cm³/mol. The Morgan fingerprint density at radius 3 is 2.33 bits per heavy atom. The van der Waals surface area contributed by atoms with Gasteiger partial charge in [0.25, 0.3) is 5.91 Å². The molecule has 5 aliphatic rings. The van der Waals surface area contributed by atoms with E-state index in [-0.39, 0.29) is 11.4 Å². The van der Waals surface area contributed by atoms with Crippen LogP contribution in [0.4, 0.5) is 5.82 Å². The van der Waals surface area contributed by atoms with Crippen molar-refractivity contribution in [3.05, 3.63) is 23.9 Å². The van der Waals surface area contributed by atoms with Gasteiger partial charge in [-0.05, 0) is 81.3 Å². The highest BCUT2D eigenvalue weighted by Gasteiger charge is 2.51. The molecule has 1 N–H and O–H groups in total. The number of rotatable bonds is 3. The van der Waals surface area contributed by atoms with Gasteiger partial charge in [-0.25, -0.2) is 4.98 Å². The second-order valence-electron chi connectivity index (χ2n) is 8.75. The average Bonchev–Trinajstić information content (AvgIpc) is 3.07. The molecule has 24 heavy (non-hydrogen) atoms. The molecule has 0 radical (unpaired) electrons. The van der Waals surface area contributed by atoms with Gasteiger partial charge in [-0.3, -0.25) is 4.79 Å². The van der Waals surface area contributed by atoms with Crippen molar-refractivity contribution in [2.75, 3.05) is 18.0 Å². The molecule has 6 rings (SSSR count). The van der Waals surface area contributed by atoms with E-state index in [1.807, 2.05) is 12.1 Å². The number of pyridine rings is 1. The minimum absolute atomic E-state index is 0.0862. The SMILES string of the molecule is O=C(NC12CC3CC(CC(C3)C1)C2)c1ccnc(N2CCCC2)c1. The van der Waals surface area contributed by atoms with Crippen LogP contribution in [-0.2, 0) is 0 Å². The molecule has 1 aromatic rings. The van der Waals surface area contributed by atoms with Crippen LogP contribution < -0.4 is 10.2 Å². The standard InChI is InChI=1S/C20H27N3O/c24-19(17-3-4-21-18(10-17)23-5-1-2-6-23)22-20-11-14-7-15(12-20)9-16(8-14)13-20/h3-4,10,14-16H,1-2,5-9,11-13H2,(H,22,24). The average molecular weight is 325 g/mol. The number of carbonyl (C=O) groups is 1. The molecule has 1 aliphatic heterocycles. The highest BCUT2D eigenvalue weighted by atomic mass is 16.1. The lowest BCUT2D eigenvalue weighted by Gasteiger charge is -2.56. The van der Waals surface area contributed by atoms with Gasteiger partial charge >= 0.3 is 0 Å². The van der Waals surface area contributed by atoms with E-state index in [0.29, 0.717) is 0 Å². The Labute approximate surface area is 144 Å². The van der Waals surface area contributed by atoms with Gasteiger partial charge in [0.15, 0.2) is 0 Å². The Kier molecular flexibility index (Phi) is 3.36. The van der Waals surface area contributed by atoms with Gasteiger partial charge in [-0.1, -0.05) is 0 Å². The molecule has 1 saturated heterocycles. The van der Waals surface area contributed by atoms with E-state index in [1.165, 1.54) is 51.4 Å². The van der Waals surface area contributed by atoms with Crippen LogP contribution in [0.2, 0.25) is 0 Å². The molecule has 2 heterocycles. The van der Waals surface area contributed by atoms with Gasteiger partial charge in [-0.15, -0.1) is 0 Å². The van der Waals surface area contributed by atoms with Crippen molar-refractivity contribution in [1.82, 2.24) is 10.3 Å². The molecule has 0 spiro atoms. The van der Waals surface area contributed by atoms with Gasteiger partial charge in [0, 0.05) is 30.4 Å². The summed E-state index contributed by atoms with van der Waals surface area (Å²) in [7, 11) is 0. The summed E-state index contributed by atoms with van der Waals surface area (Å²) in [6, 6.07) is 3.86. The molecule has 0 aromatic carbocycles. The largest absolute Gasteiger partial charge is 0.357 e. The van der Waals surface area contributed by atoms with E-state index in [9.17, 15) is 4.79 Å². The Hall–Kier alpha value is -1.58. The zero-order chi connectivity index (χ0) is 16.1. The minimum Gasteiger partial charge on any atom is -0.357 e. The van der Waals surface area contributed by atoms with Crippen molar-refractivity contribution in [2.24, 2.45) is 17.8 Å². The fraction of sp³-hybridized carbons (Fsp3) is 0.700. The Bertz CT molecular complexity index is 615. The van der Waals surface area contributed by atoms with E-state index in [1.54, 1.807) is 6.20 Å². The second kappa shape index (κ2) is 5.47. The van der Waals surface area contributed by atoms with Crippen molar-refractivity contribution >= 4 is 11.7 Å². The molecule has 1 aromatic heterocycles. The quantitative estimate of drug-likeness (QED) is 0.926. The molecule has 0 unspecified atom stereocenters. The molecule has 128 valence electrons. The van der Waals surface area contributed by atoms with Crippen LogP contribution >= 0.6 is 0 Å². The maximum atomic E-state index is 12.9. The number of aromatic nitrogens is 1. The number of nitrogens with one attached hydrogen (secondary N) is 1. The number of anilines is 1. The van der Waals surface area contributed by atoms with Crippen LogP contribution in [-0.4, -0.2) is 29.5 Å². The van der Waals surface area contributed by atoms with Crippen LogP contribution in [0.5, 0.6) is 0 Å². The smallest absolute Gasteiger partial charge is 0.251 e. The first kappa shape index (κ1) is 14.7. The van der Waals surface area contributed by atoms with Crippen LogP contribution in [0.3, 0.4) is 0 Å². The molecule has 4 heteroatoms. The summed E-state index contributed by atoms with van der Waals surface area (Å²) in [6.45, 7) is 2.13. The molecule has 4 nitrogen and oxygen atoms in total. The maximum absolute atomic E-state index is 12.9. The lowest BCUT2D eigenvalue weighted by Crippen LogP contribution is -2.59. The molecule has 4 saturated carbocycles. The van der Waals surface area contributed by atoms with E-state index in [4.69, 9.17) is 0 Å². The lowest BCUT2D eigenvalue weighted by atomic mass is 9.53. The monoisotopic (exact) mass is 325 g/mol. The second-order valence-corrected chi connectivity index (χ2v) is 8.75. The third-order valence-electron chi connectivity index (χ3n) is 6.85. The predicted octanol–water partition coefficient (Wildman–Crippen LogP) is 3.38. The Morgan fingerprint density at radius 2 is 1.71 bits per heavy atom. The molecular weight excluding hydrogens is 298 g/mol. The van der Waals surface area contributed by atoms with E-state index in [0.717, 1.165) is 42.2 Å². The van der Waals surface area contributed by atoms with E-state index < -0.39 is 0 Å². The summed E-state index contributed by atoms with van der Waals surface area (Å²) >= 11 is 0. The summed E-state index contributed by atoms with van der Waals surface area (Å²) < 4.78 is 0. The topological polar surface area (TPSA) is 45.2 Å². The Balaban J connectivity index is 1.34. The number of nitrogens with zero attached hydrogens (tertiary/aromatic N) is 2. The molecular formula is C20H27N3O. The molecule has 4 bridgehead atoms. The van der Waals surface area contributed by atoms with Gasteiger partial charge < -0.3 is 10.2 Å². The summed E-state index contributed by atoms with van der Waals surface area (Å²) in [5, 5.41) is 3.47. The zero-order valence-corrected chi connectivity index (χ0v) is 14.3. The highest BCUT2D eigenvalue weighted by Crippen LogP contribution is 2.55. The molecule has 5 fully saturated rings. The van der Waals surface area contributed by atoms with Crippen molar-refractivity contribution in [2.45, 2.75) is 56.9 Å². The van der Waals surface area contributed by atoms with Crippen molar-refractivity contribution < 1.29 is 4.79 Å². The van der Waals surface area contributed by atoms with Gasteiger partial charge in [0.05, 0.1) is 0 Å². The molecule has 4 aliphatic carbocycles. The summed E-state index contributed by atoms with van der Waals surface area (Å²) in [5.74, 6) is 3.64. The summed E-state index contributed by atoms with van der Waals surface area (Å²) in [5.41, 5.74) is 0.866. The zero-order valence-electron chi connectivity index (χ0n) is 14.3. The maximum Gasteiger partial charge on any atom is 0.251 e. The van der Waals surface area contributed by atoms with Crippen molar-refractivity contribution in [3.63, 3.8) is 0 Å². The van der Waals surface area contributed by atoms with E-state index in [2.05, 4.69) is 15.2 Å². The normalized spacial score (nSPS) is 37.0. The summed E-state index contributed by atoms with van der Waals surface area (Å²) in [4.78, 5) is 19.7. The first-order chi connectivity index (χ1) is 11.7. The van der Waals surface area contributed by atoms with Gasteiger partial charge in [-0.2, -0.15) is 0 Å². The first-order valence-electron chi connectivity index (χ1n) is 9.73. The fourth-order valence-electron chi connectivity index (χ4n) is 6.26. The van der Waals surface area contributed by atoms with Crippen molar-refractivity contribution in [1.29, 1.82) is 0 Å². The van der Waals surface area contributed by atoms with Gasteiger partial charge in [0.2, 0.25) is 0 Å².